The molecule has 0 aliphatic carbocycles. The summed E-state index contributed by atoms with van der Waals surface area (Å²) in [6.07, 6.45) is -0.0405. The van der Waals surface area contributed by atoms with Crippen molar-refractivity contribution < 1.29 is 9.59 Å². The number of hydrogen-bond acceptors (Lipinski definition) is 4. The number of ketones is 2. The molecule has 0 saturated heterocycles. The summed E-state index contributed by atoms with van der Waals surface area (Å²) in [6.45, 7) is 1.35. The van der Waals surface area contributed by atoms with Gasteiger partial charge in [0.05, 0.1) is 6.04 Å². The SMILES string of the molecule is CC(=O)[C@@H](N)CC(=O)c1ccc(Cl)cc1N. The molecule has 0 radical (unpaired) electrons. The first kappa shape index (κ1) is 12.7. The molecule has 4 nitrogen and oxygen atoms in total. The van der Waals surface area contributed by atoms with Gasteiger partial charge in [-0.3, -0.25) is 9.59 Å². The largest absolute Gasteiger partial charge is 0.398 e. The molecule has 0 spiro atoms. The molecule has 0 aliphatic rings. The molecule has 0 amide bonds. The number of halogens is 1. The zero-order chi connectivity index (χ0) is 12.3. The summed E-state index contributed by atoms with van der Waals surface area (Å²) in [6, 6.07) is 3.83. The van der Waals surface area contributed by atoms with Gasteiger partial charge in [0.25, 0.3) is 0 Å². The van der Waals surface area contributed by atoms with E-state index in [4.69, 9.17) is 23.1 Å². The van der Waals surface area contributed by atoms with Crippen LogP contribution in [0.4, 0.5) is 5.69 Å². The Morgan fingerprint density at radius 2 is 2.06 bits per heavy atom. The van der Waals surface area contributed by atoms with Gasteiger partial charge in [-0.2, -0.15) is 0 Å². The normalized spacial score (nSPS) is 12.2. The minimum atomic E-state index is -0.775. The lowest BCUT2D eigenvalue weighted by atomic mass is 10.0. The van der Waals surface area contributed by atoms with E-state index in [-0.39, 0.29) is 18.0 Å². The number of rotatable bonds is 4. The average Bonchev–Trinajstić information content (AvgIpc) is 2.16. The molecular formula is C11H13ClN2O2. The second-order valence-corrected chi connectivity index (χ2v) is 4.01. The molecule has 1 rings (SSSR count). The fourth-order valence-electron chi connectivity index (χ4n) is 1.24. The minimum absolute atomic E-state index is 0.0405. The Balaban J connectivity index is 2.85. The molecule has 5 heteroatoms. The van der Waals surface area contributed by atoms with Crippen molar-refractivity contribution >= 4 is 28.9 Å². The lowest BCUT2D eigenvalue weighted by Gasteiger charge is -2.08. The fourth-order valence-corrected chi connectivity index (χ4v) is 1.42. The highest BCUT2D eigenvalue weighted by molar-refractivity contribution is 6.31. The standard InChI is InChI=1S/C11H13ClN2O2/c1-6(15)9(13)5-11(16)8-3-2-7(12)4-10(8)14/h2-4,9H,5,13-14H2,1H3/t9-/m0/s1. The van der Waals surface area contributed by atoms with Crippen LogP contribution >= 0.6 is 11.6 Å². The molecule has 0 saturated carbocycles. The lowest BCUT2D eigenvalue weighted by Crippen LogP contribution is -2.31. The number of Topliss-reactive ketones (excluding diaryl/α,β-unsaturated/α-hetero) is 2. The van der Waals surface area contributed by atoms with Crippen molar-refractivity contribution in [1.82, 2.24) is 0 Å². The van der Waals surface area contributed by atoms with Crippen LogP contribution in [0.25, 0.3) is 0 Å². The molecule has 0 bridgehead atoms. The van der Waals surface area contributed by atoms with Gasteiger partial charge in [0.1, 0.15) is 5.78 Å². The number of hydrogen-bond donors (Lipinski definition) is 2. The van der Waals surface area contributed by atoms with Crippen LogP contribution in [0.1, 0.15) is 23.7 Å². The van der Waals surface area contributed by atoms with E-state index in [1.807, 2.05) is 0 Å². The van der Waals surface area contributed by atoms with Crippen molar-refractivity contribution in [3.05, 3.63) is 28.8 Å². The number of benzene rings is 1. The number of anilines is 1. The van der Waals surface area contributed by atoms with Gasteiger partial charge in [-0.15, -0.1) is 0 Å². The van der Waals surface area contributed by atoms with Crippen LogP contribution in [-0.4, -0.2) is 17.6 Å². The van der Waals surface area contributed by atoms with E-state index in [0.717, 1.165) is 0 Å². The molecule has 86 valence electrons. The number of carbonyl (C=O) groups excluding carboxylic acids is 2. The van der Waals surface area contributed by atoms with Gasteiger partial charge in [-0.1, -0.05) is 11.6 Å². The van der Waals surface area contributed by atoms with E-state index < -0.39 is 6.04 Å². The van der Waals surface area contributed by atoms with Crippen LogP contribution in [0.5, 0.6) is 0 Å². The quantitative estimate of drug-likeness (QED) is 0.616. The Labute approximate surface area is 98.6 Å². The van der Waals surface area contributed by atoms with Crippen LogP contribution in [0.15, 0.2) is 18.2 Å². The Kier molecular flexibility index (Phi) is 4.04. The van der Waals surface area contributed by atoms with Crippen LogP contribution in [0, 0.1) is 0 Å². The maximum Gasteiger partial charge on any atom is 0.166 e. The molecule has 1 atom stereocenters. The molecule has 0 heterocycles. The summed E-state index contributed by atoms with van der Waals surface area (Å²) >= 11 is 5.71. The van der Waals surface area contributed by atoms with Crippen LogP contribution in [0.3, 0.4) is 0 Å². The smallest absolute Gasteiger partial charge is 0.166 e. The second-order valence-electron chi connectivity index (χ2n) is 3.58. The van der Waals surface area contributed by atoms with E-state index in [2.05, 4.69) is 0 Å². The van der Waals surface area contributed by atoms with E-state index in [1.165, 1.54) is 19.1 Å². The number of nitrogen functional groups attached to an aromatic ring is 1. The molecule has 0 aromatic heterocycles. The predicted molar refractivity (Wildman–Crippen MR) is 63.5 cm³/mol. The van der Waals surface area contributed by atoms with Crippen LogP contribution in [-0.2, 0) is 4.79 Å². The highest BCUT2D eigenvalue weighted by Crippen LogP contribution is 2.19. The Bertz CT molecular complexity index is 432. The molecule has 0 fully saturated rings. The third kappa shape index (κ3) is 3.05. The summed E-state index contributed by atoms with van der Waals surface area (Å²) in [5.41, 5.74) is 11.8. The van der Waals surface area contributed by atoms with E-state index in [1.54, 1.807) is 6.07 Å². The van der Waals surface area contributed by atoms with Gasteiger partial charge in [-0.05, 0) is 25.1 Å². The Morgan fingerprint density at radius 1 is 1.44 bits per heavy atom. The highest BCUT2D eigenvalue weighted by atomic mass is 35.5. The molecule has 1 aromatic carbocycles. The summed E-state index contributed by atoms with van der Waals surface area (Å²) in [7, 11) is 0. The van der Waals surface area contributed by atoms with Gasteiger partial charge in [0, 0.05) is 22.7 Å². The summed E-state index contributed by atoms with van der Waals surface area (Å²) in [4.78, 5) is 22.7. The maximum atomic E-state index is 11.7. The van der Waals surface area contributed by atoms with Gasteiger partial charge < -0.3 is 11.5 Å². The lowest BCUT2D eigenvalue weighted by molar-refractivity contribution is -0.118. The van der Waals surface area contributed by atoms with Gasteiger partial charge in [0.2, 0.25) is 0 Å². The first-order valence-electron chi connectivity index (χ1n) is 4.76. The van der Waals surface area contributed by atoms with E-state index in [9.17, 15) is 9.59 Å². The zero-order valence-electron chi connectivity index (χ0n) is 8.87. The minimum Gasteiger partial charge on any atom is -0.398 e. The van der Waals surface area contributed by atoms with Crippen LogP contribution in [0.2, 0.25) is 5.02 Å². The Morgan fingerprint density at radius 3 is 2.56 bits per heavy atom. The van der Waals surface area contributed by atoms with Crippen molar-refractivity contribution in [3.8, 4) is 0 Å². The zero-order valence-corrected chi connectivity index (χ0v) is 9.62. The third-order valence-electron chi connectivity index (χ3n) is 2.24. The van der Waals surface area contributed by atoms with E-state index >= 15 is 0 Å². The van der Waals surface area contributed by atoms with Crippen molar-refractivity contribution in [2.45, 2.75) is 19.4 Å². The van der Waals surface area contributed by atoms with Gasteiger partial charge in [0.15, 0.2) is 5.78 Å². The first-order valence-corrected chi connectivity index (χ1v) is 5.14. The second kappa shape index (κ2) is 5.09. The summed E-state index contributed by atoms with van der Waals surface area (Å²) in [5.74, 6) is -0.474. The number of nitrogens with two attached hydrogens (primary N) is 2. The van der Waals surface area contributed by atoms with Gasteiger partial charge in [-0.25, -0.2) is 0 Å². The highest BCUT2D eigenvalue weighted by Gasteiger charge is 2.16. The average molecular weight is 241 g/mol. The molecule has 4 N–H and O–H groups in total. The number of carbonyl (C=O) groups is 2. The summed E-state index contributed by atoms with van der Waals surface area (Å²) in [5, 5.41) is 0.463. The Hall–Kier alpha value is -1.39. The molecular weight excluding hydrogens is 228 g/mol. The van der Waals surface area contributed by atoms with Crippen LogP contribution < -0.4 is 11.5 Å². The molecule has 16 heavy (non-hydrogen) atoms. The summed E-state index contributed by atoms with van der Waals surface area (Å²) < 4.78 is 0. The van der Waals surface area contributed by atoms with Crippen molar-refractivity contribution in [3.63, 3.8) is 0 Å². The predicted octanol–water partition coefficient (Wildman–Crippen LogP) is 1.41. The first-order chi connectivity index (χ1) is 7.41. The maximum absolute atomic E-state index is 11.7. The fraction of sp³-hybridized carbons (Fsp3) is 0.273. The monoisotopic (exact) mass is 240 g/mol. The topological polar surface area (TPSA) is 86.2 Å². The van der Waals surface area contributed by atoms with E-state index in [0.29, 0.717) is 16.3 Å². The van der Waals surface area contributed by atoms with Gasteiger partial charge >= 0.3 is 0 Å². The van der Waals surface area contributed by atoms with Crippen molar-refractivity contribution in [2.75, 3.05) is 5.73 Å². The van der Waals surface area contributed by atoms with Crippen molar-refractivity contribution in [1.29, 1.82) is 0 Å². The third-order valence-corrected chi connectivity index (χ3v) is 2.48. The molecule has 0 unspecified atom stereocenters. The molecule has 1 aromatic rings. The van der Waals surface area contributed by atoms with Crippen molar-refractivity contribution in [2.24, 2.45) is 5.73 Å². The molecule has 0 aliphatic heterocycles.